The van der Waals surface area contributed by atoms with E-state index in [9.17, 15) is 4.79 Å². The van der Waals surface area contributed by atoms with Crippen LogP contribution in [0.5, 0.6) is 0 Å². The lowest BCUT2D eigenvalue weighted by atomic mass is 9.86. The van der Waals surface area contributed by atoms with E-state index in [1.807, 2.05) is 0 Å². The third-order valence-corrected chi connectivity index (χ3v) is 5.69. The number of hydrogen-bond acceptors (Lipinski definition) is 3. The summed E-state index contributed by atoms with van der Waals surface area (Å²) in [6.45, 7) is 3.91. The van der Waals surface area contributed by atoms with Crippen molar-refractivity contribution in [3.05, 3.63) is 59.7 Å². The second kappa shape index (κ2) is 11.3. The summed E-state index contributed by atoms with van der Waals surface area (Å²) in [4.78, 5) is 12.1. The molecule has 4 nitrogen and oxygen atoms in total. The van der Waals surface area contributed by atoms with Gasteiger partial charge >= 0.3 is 0 Å². The molecule has 156 valence electrons. The number of carbonyl (C=O) groups is 1. The summed E-state index contributed by atoms with van der Waals surface area (Å²) in [6, 6.07) is 18.0. The zero-order valence-corrected chi connectivity index (χ0v) is 17.5. The largest absolute Gasteiger partial charge is 0.412 e. The Balaban J connectivity index is 0.000000236. The van der Waals surface area contributed by atoms with Crippen molar-refractivity contribution in [2.45, 2.75) is 25.7 Å². The quantitative estimate of drug-likeness (QED) is 0.469. The first-order valence-corrected chi connectivity index (χ1v) is 10.0. The van der Waals surface area contributed by atoms with Gasteiger partial charge in [-0.1, -0.05) is 48.5 Å². The molecule has 0 saturated carbocycles. The number of hydrogen-bond donors (Lipinski definition) is 0. The predicted molar refractivity (Wildman–Crippen MR) is 122 cm³/mol. The van der Waals surface area contributed by atoms with Gasteiger partial charge in [0.1, 0.15) is 6.29 Å². The standard InChI is InChI=1S/C18H16.C6H11NO2.ClH.H2O/c1-3-7-15-13(5-1)9-11-18-16-8-4-2-6-14(16)10-12-17(15)18;8-4-1-7-2-5-9-6-3-7;;/h1,3,5,7,9-12H,2,4,6,8H2;4H,1-3,5-6H2;1H;1H2. The minimum atomic E-state index is 0. The van der Waals surface area contributed by atoms with Crippen molar-refractivity contribution in [3.63, 3.8) is 0 Å². The second-order valence-corrected chi connectivity index (χ2v) is 7.37. The van der Waals surface area contributed by atoms with Gasteiger partial charge in [0.2, 0.25) is 0 Å². The Morgan fingerprint density at radius 3 is 2.38 bits per heavy atom. The number of aldehydes is 1. The van der Waals surface area contributed by atoms with Crippen LogP contribution in [0.15, 0.2) is 48.5 Å². The fourth-order valence-corrected chi connectivity index (χ4v) is 4.23. The Morgan fingerprint density at radius 1 is 0.862 bits per heavy atom. The van der Waals surface area contributed by atoms with Crippen LogP contribution in [0, 0.1) is 0 Å². The predicted octanol–water partition coefficient (Wildman–Crippen LogP) is 3.99. The summed E-state index contributed by atoms with van der Waals surface area (Å²) in [6.07, 6.45) is 6.15. The molecule has 1 saturated heterocycles. The molecular weight excluding hydrogens is 386 g/mol. The van der Waals surface area contributed by atoms with Crippen LogP contribution in [0.25, 0.3) is 21.5 Å². The molecule has 2 N–H and O–H groups in total. The Bertz CT molecular complexity index is 938. The van der Waals surface area contributed by atoms with Crippen LogP contribution in [0.1, 0.15) is 24.0 Å². The molecule has 1 heterocycles. The molecular formula is C24H30ClNO3. The van der Waals surface area contributed by atoms with E-state index in [2.05, 4.69) is 53.4 Å². The molecule has 3 aromatic rings. The first-order valence-electron chi connectivity index (χ1n) is 10.0. The van der Waals surface area contributed by atoms with Gasteiger partial charge < -0.3 is 15.0 Å². The lowest BCUT2D eigenvalue weighted by molar-refractivity contribution is -0.109. The Morgan fingerprint density at radius 2 is 1.59 bits per heavy atom. The van der Waals surface area contributed by atoms with Gasteiger partial charge in [-0.05, 0) is 58.4 Å². The van der Waals surface area contributed by atoms with Crippen LogP contribution in [0.4, 0.5) is 0 Å². The average molecular weight is 416 g/mol. The fraction of sp³-hybridized carbons (Fsp3) is 0.375. The maximum atomic E-state index is 9.99. The molecule has 0 atom stereocenters. The van der Waals surface area contributed by atoms with Gasteiger partial charge in [-0.3, -0.25) is 4.90 Å². The number of rotatable bonds is 2. The zero-order chi connectivity index (χ0) is 18.5. The molecule has 2 aliphatic rings. The molecule has 1 fully saturated rings. The molecule has 0 bridgehead atoms. The van der Waals surface area contributed by atoms with Crippen LogP contribution in [0.3, 0.4) is 0 Å². The molecule has 5 heteroatoms. The van der Waals surface area contributed by atoms with Gasteiger partial charge in [-0.15, -0.1) is 12.4 Å². The topological polar surface area (TPSA) is 61.0 Å². The molecule has 1 aliphatic carbocycles. The SMILES string of the molecule is Cl.O.O=CCN1CCOCC1.c1ccc2c(c1)ccc1c3c(ccc12)CCCC3. The lowest BCUT2D eigenvalue weighted by Crippen LogP contribution is -2.37. The highest BCUT2D eigenvalue weighted by molar-refractivity contribution is 6.08. The number of nitrogens with zero attached hydrogens (tertiary/aromatic N) is 1. The van der Waals surface area contributed by atoms with Crippen LogP contribution in [-0.4, -0.2) is 49.5 Å². The average Bonchev–Trinajstić information content (AvgIpc) is 2.75. The normalized spacial score (nSPS) is 16.0. The first-order chi connectivity index (χ1) is 13.4. The van der Waals surface area contributed by atoms with Crippen molar-refractivity contribution in [1.82, 2.24) is 4.90 Å². The number of benzene rings is 3. The number of aryl methyl sites for hydroxylation is 2. The smallest absolute Gasteiger partial charge is 0.133 e. The van der Waals surface area contributed by atoms with Crippen molar-refractivity contribution in [2.24, 2.45) is 0 Å². The summed E-state index contributed by atoms with van der Waals surface area (Å²) in [5, 5.41) is 5.64. The van der Waals surface area contributed by atoms with E-state index in [1.54, 1.807) is 11.1 Å². The minimum absolute atomic E-state index is 0. The van der Waals surface area contributed by atoms with Gasteiger partial charge in [-0.25, -0.2) is 0 Å². The Hall–Kier alpha value is -1.98. The van der Waals surface area contributed by atoms with Crippen molar-refractivity contribution in [1.29, 1.82) is 0 Å². The van der Waals surface area contributed by atoms with Gasteiger partial charge in [-0.2, -0.15) is 0 Å². The molecule has 0 unspecified atom stereocenters. The first kappa shape index (κ1) is 23.3. The van der Waals surface area contributed by atoms with Crippen LogP contribution >= 0.6 is 12.4 Å². The van der Waals surface area contributed by atoms with Crippen LogP contribution in [0.2, 0.25) is 0 Å². The molecule has 0 amide bonds. The zero-order valence-electron chi connectivity index (χ0n) is 16.7. The number of halogens is 1. The number of fused-ring (bicyclic) bond motifs is 5. The maximum Gasteiger partial charge on any atom is 0.133 e. The molecule has 3 aromatic carbocycles. The van der Waals surface area contributed by atoms with Gasteiger partial charge in [0.05, 0.1) is 19.8 Å². The third-order valence-electron chi connectivity index (χ3n) is 5.69. The molecule has 0 spiro atoms. The third kappa shape index (κ3) is 5.34. The maximum absolute atomic E-state index is 9.99. The van der Waals surface area contributed by atoms with E-state index >= 15 is 0 Å². The number of carbonyl (C=O) groups excluding carboxylic acids is 1. The summed E-state index contributed by atoms with van der Waals surface area (Å²) in [5.74, 6) is 0. The van der Waals surface area contributed by atoms with E-state index < -0.39 is 0 Å². The summed E-state index contributed by atoms with van der Waals surface area (Å²) < 4.78 is 5.09. The molecule has 0 radical (unpaired) electrons. The lowest BCUT2D eigenvalue weighted by Gasteiger charge is -2.23. The second-order valence-electron chi connectivity index (χ2n) is 7.37. The van der Waals surface area contributed by atoms with E-state index in [4.69, 9.17) is 4.74 Å². The summed E-state index contributed by atoms with van der Waals surface area (Å²) >= 11 is 0. The van der Waals surface area contributed by atoms with Crippen LogP contribution in [-0.2, 0) is 22.4 Å². The van der Waals surface area contributed by atoms with Gasteiger partial charge in [0.15, 0.2) is 0 Å². The number of ether oxygens (including phenoxy) is 1. The van der Waals surface area contributed by atoms with Crippen molar-refractivity contribution < 1.29 is 15.0 Å². The van der Waals surface area contributed by atoms with E-state index in [0.29, 0.717) is 6.54 Å². The van der Waals surface area contributed by atoms with E-state index in [0.717, 1.165) is 32.6 Å². The van der Waals surface area contributed by atoms with Crippen molar-refractivity contribution in [2.75, 3.05) is 32.8 Å². The summed E-state index contributed by atoms with van der Waals surface area (Å²) in [5.41, 5.74) is 3.17. The molecule has 1 aliphatic heterocycles. The highest BCUT2D eigenvalue weighted by atomic mass is 35.5. The highest BCUT2D eigenvalue weighted by Gasteiger charge is 2.13. The minimum Gasteiger partial charge on any atom is -0.412 e. The molecule has 0 aromatic heterocycles. The van der Waals surface area contributed by atoms with Crippen molar-refractivity contribution >= 4 is 40.2 Å². The summed E-state index contributed by atoms with van der Waals surface area (Å²) in [7, 11) is 0. The van der Waals surface area contributed by atoms with Crippen molar-refractivity contribution in [3.8, 4) is 0 Å². The van der Waals surface area contributed by atoms with E-state index in [1.165, 1.54) is 47.2 Å². The molecule has 5 rings (SSSR count). The fourth-order valence-electron chi connectivity index (χ4n) is 4.23. The Labute approximate surface area is 178 Å². The van der Waals surface area contributed by atoms with Gasteiger partial charge in [0, 0.05) is 13.1 Å². The Kier molecular flexibility index (Phi) is 9.05. The monoisotopic (exact) mass is 415 g/mol. The highest BCUT2D eigenvalue weighted by Crippen LogP contribution is 2.33. The van der Waals surface area contributed by atoms with E-state index in [-0.39, 0.29) is 17.9 Å². The molecule has 29 heavy (non-hydrogen) atoms. The number of morpholine rings is 1. The van der Waals surface area contributed by atoms with Gasteiger partial charge in [0.25, 0.3) is 0 Å². The van der Waals surface area contributed by atoms with Crippen LogP contribution < -0.4 is 0 Å².